The van der Waals surface area contributed by atoms with Gasteiger partial charge in [-0.15, -0.1) is 0 Å². The van der Waals surface area contributed by atoms with Crippen molar-refractivity contribution in [2.45, 2.75) is 38.8 Å². The number of hydrogen-bond acceptors (Lipinski definition) is 2. The minimum atomic E-state index is -0.166. The quantitative estimate of drug-likeness (QED) is 0.784. The van der Waals surface area contributed by atoms with Crippen LogP contribution in [0.4, 0.5) is 0 Å². The normalized spacial score (nSPS) is 23.1. The van der Waals surface area contributed by atoms with Gasteiger partial charge in [0.25, 0.3) is 0 Å². The van der Waals surface area contributed by atoms with Gasteiger partial charge in [-0.25, -0.2) is 0 Å². The molecule has 1 unspecified atom stereocenters. The molecule has 0 amide bonds. The van der Waals surface area contributed by atoms with Gasteiger partial charge in [-0.05, 0) is 38.5 Å². The number of aryl methyl sites for hydroxylation is 1. The van der Waals surface area contributed by atoms with E-state index in [4.69, 9.17) is 10.5 Å². The van der Waals surface area contributed by atoms with E-state index in [-0.39, 0.29) is 11.6 Å². The van der Waals surface area contributed by atoms with Gasteiger partial charge < -0.3 is 10.5 Å². The minimum absolute atomic E-state index is 0.0792. The van der Waals surface area contributed by atoms with Crippen LogP contribution in [-0.4, -0.2) is 5.60 Å². The molecule has 1 aromatic carbocycles. The van der Waals surface area contributed by atoms with Gasteiger partial charge in [-0.3, -0.25) is 0 Å². The van der Waals surface area contributed by atoms with Gasteiger partial charge in [0, 0.05) is 22.5 Å². The minimum Gasteiger partial charge on any atom is -0.487 e. The zero-order valence-electron chi connectivity index (χ0n) is 9.30. The van der Waals surface area contributed by atoms with Crippen LogP contribution >= 0.6 is 15.9 Å². The molecule has 0 aliphatic carbocycles. The first-order chi connectivity index (χ1) is 6.89. The Bertz CT molecular complexity index is 401. The number of nitrogens with two attached hydrogens (primary N) is 1. The van der Waals surface area contributed by atoms with Crippen LogP contribution in [0.5, 0.6) is 5.75 Å². The van der Waals surface area contributed by atoms with Crippen LogP contribution < -0.4 is 10.5 Å². The highest BCUT2D eigenvalue weighted by Crippen LogP contribution is 2.40. The molecule has 1 aromatic rings. The second-order valence-electron chi connectivity index (χ2n) is 4.81. The summed E-state index contributed by atoms with van der Waals surface area (Å²) in [4.78, 5) is 0. The van der Waals surface area contributed by atoms with Gasteiger partial charge >= 0.3 is 0 Å². The molecule has 1 heterocycles. The van der Waals surface area contributed by atoms with E-state index in [0.29, 0.717) is 0 Å². The van der Waals surface area contributed by atoms with E-state index in [1.54, 1.807) is 0 Å². The van der Waals surface area contributed by atoms with Crippen molar-refractivity contribution < 1.29 is 4.74 Å². The van der Waals surface area contributed by atoms with Crippen molar-refractivity contribution in [3.05, 3.63) is 27.7 Å². The Labute approximate surface area is 98.9 Å². The Balaban J connectivity index is 2.51. The molecule has 0 radical (unpaired) electrons. The molecule has 0 fully saturated rings. The fourth-order valence-corrected chi connectivity index (χ4v) is 2.37. The van der Waals surface area contributed by atoms with E-state index in [9.17, 15) is 0 Å². The van der Waals surface area contributed by atoms with Crippen molar-refractivity contribution in [3.8, 4) is 5.75 Å². The Morgan fingerprint density at radius 3 is 2.80 bits per heavy atom. The van der Waals surface area contributed by atoms with E-state index in [0.717, 1.165) is 22.2 Å². The first-order valence-electron chi connectivity index (χ1n) is 5.14. The molecule has 82 valence electrons. The highest BCUT2D eigenvalue weighted by molar-refractivity contribution is 9.10. The fourth-order valence-electron chi connectivity index (χ4n) is 2.04. The van der Waals surface area contributed by atoms with E-state index >= 15 is 0 Å². The molecule has 1 atom stereocenters. The van der Waals surface area contributed by atoms with Crippen molar-refractivity contribution in [3.63, 3.8) is 0 Å². The zero-order chi connectivity index (χ0) is 11.2. The van der Waals surface area contributed by atoms with E-state index < -0.39 is 0 Å². The van der Waals surface area contributed by atoms with Crippen molar-refractivity contribution in [2.75, 3.05) is 0 Å². The average molecular weight is 270 g/mol. The maximum atomic E-state index is 6.15. The Morgan fingerprint density at radius 2 is 2.13 bits per heavy atom. The summed E-state index contributed by atoms with van der Waals surface area (Å²) in [7, 11) is 0. The molecule has 15 heavy (non-hydrogen) atoms. The number of rotatable bonds is 0. The molecule has 2 N–H and O–H groups in total. The molecule has 0 bridgehead atoms. The fraction of sp³-hybridized carbons (Fsp3) is 0.500. The van der Waals surface area contributed by atoms with E-state index in [1.165, 1.54) is 5.56 Å². The molecule has 1 aliphatic heterocycles. The number of hydrogen-bond donors (Lipinski definition) is 1. The van der Waals surface area contributed by atoms with Gasteiger partial charge in [-0.2, -0.15) is 0 Å². The highest BCUT2D eigenvalue weighted by Gasteiger charge is 2.32. The monoisotopic (exact) mass is 269 g/mol. The molecule has 2 nitrogen and oxygen atoms in total. The van der Waals surface area contributed by atoms with Crippen LogP contribution in [0, 0.1) is 6.92 Å². The lowest BCUT2D eigenvalue weighted by Crippen LogP contribution is -2.37. The Hall–Kier alpha value is -0.540. The van der Waals surface area contributed by atoms with Gasteiger partial charge in [0.2, 0.25) is 0 Å². The molecule has 0 saturated carbocycles. The number of benzene rings is 1. The molecule has 0 spiro atoms. The van der Waals surface area contributed by atoms with E-state index in [1.807, 2.05) is 6.07 Å². The molecule has 2 rings (SSSR count). The molecule has 3 heteroatoms. The molecule has 1 aliphatic rings. The summed E-state index contributed by atoms with van der Waals surface area (Å²) in [5.41, 5.74) is 8.30. The molecular formula is C12H16BrNO. The summed E-state index contributed by atoms with van der Waals surface area (Å²) in [5, 5.41) is 0. The van der Waals surface area contributed by atoms with Crippen LogP contribution in [0.25, 0.3) is 0 Å². The predicted molar refractivity (Wildman–Crippen MR) is 65.1 cm³/mol. The standard InChI is InChI=1S/C12H16BrNO/c1-7-4-8-10(14)6-12(2,3)15-11(8)5-9(7)13/h4-5,10H,6,14H2,1-3H3. The van der Waals surface area contributed by atoms with Crippen LogP contribution in [0.3, 0.4) is 0 Å². The average Bonchev–Trinajstić information content (AvgIpc) is 2.07. The largest absolute Gasteiger partial charge is 0.487 e. The third-order valence-corrected chi connectivity index (χ3v) is 3.64. The smallest absolute Gasteiger partial charge is 0.126 e. The third-order valence-electron chi connectivity index (χ3n) is 2.79. The predicted octanol–water partition coefficient (Wildman–Crippen LogP) is 3.32. The summed E-state index contributed by atoms with van der Waals surface area (Å²) in [6.45, 7) is 6.21. The summed E-state index contributed by atoms with van der Waals surface area (Å²) in [6, 6.07) is 4.21. The van der Waals surface area contributed by atoms with Crippen LogP contribution in [-0.2, 0) is 0 Å². The number of halogens is 1. The van der Waals surface area contributed by atoms with Crippen LogP contribution in [0.15, 0.2) is 16.6 Å². The lowest BCUT2D eigenvalue weighted by Gasteiger charge is -2.36. The summed E-state index contributed by atoms with van der Waals surface area (Å²) in [6.07, 6.45) is 0.862. The zero-order valence-corrected chi connectivity index (χ0v) is 10.9. The van der Waals surface area contributed by atoms with Crippen molar-refractivity contribution in [1.29, 1.82) is 0 Å². The summed E-state index contributed by atoms with van der Waals surface area (Å²) in [5.74, 6) is 0.913. The summed E-state index contributed by atoms with van der Waals surface area (Å²) < 4.78 is 6.99. The van der Waals surface area contributed by atoms with Crippen molar-refractivity contribution in [1.82, 2.24) is 0 Å². The second-order valence-corrected chi connectivity index (χ2v) is 5.67. The second kappa shape index (κ2) is 3.49. The Morgan fingerprint density at radius 1 is 1.47 bits per heavy atom. The first-order valence-corrected chi connectivity index (χ1v) is 5.93. The highest BCUT2D eigenvalue weighted by atomic mass is 79.9. The summed E-state index contributed by atoms with van der Waals surface area (Å²) >= 11 is 3.51. The van der Waals surface area contributed by atoms with Gasteiger partial charge in [-0.1, -0.05) is 15.9 Å². The molecule has 0 saturated heterocycles. The lowest BCUT2D eigenvalue weighted by atomic mass is 9.90. The topological polar surface area (TPSA) is 35.2 Å². The van der Waals surface area contributed by atoms with Crippen LogP contribution in [0.1, 0.15) is 37.4 Å². The number of ether oxygens (including phenoxy) is 1. The maximum Gasteiger partial charge on any atom is 0.126 e. The van der Waals surface area contributed by atoms with Gasteiger partial charge in [0.05, 0.1) is 0 Å². The van der Waals surface area contributed by atoms with Crippen LogP contribution in [0.2, 0.25) is 0 Å². The lowest BCUT2D eigenvalue weighted by molar-refractivity contribution is 0.0727. The van der Waals surface area contributed by atoms with Gasteiger partial charge in [0.1, 0.15) is 11.4 Å². The third kappa shape index (κ3) is 2.04. The van der Waals surface area contributed by atoms with Crippen molar-refractivity contribution >= 4 is 15.9 Å². The SMILES string of the molecule is Cc1cc2c(cc1Br)OC(C)(C)CC2N. The van der Waals surface area contributed by atoms with E-state index in [2.05, 4.69) is 42.8 Å². The Kier molecular flexibility index (Phi) is 2.55. The van der Waals surface area contributed by atoms with Crippen molar-refractivity contribution in [2.24, 2.45) is 5.73 Å². The number of fused-ring (bicyclic) bond motifs is 1. The first kappa shape index (κ1) is 11.0. The maximum absolute atomic E-state index is 6.15. The molecular weight excluding hydrogens is 254 g/mol. The molecule has 0 aromatic heterocycles. The van der Waals surface area contributed by atoms with Gasteiger partial charge in [0.15, 0.2) is 0 Å².